The minimum absolute atomic E-state index is 0.0636. The number of benzene rings is 2. The quantitative estimate of drug-likeness (QED) is 0.843. The van der Waals surface area contributed by atoms with Crippen LogP contribution in [0.15, 0.2) is 53.4 Å². The summed E-state index contributed by atoms with van der Waals surface area (Å²) in [4.78, 5) is 13.3. The average molecular weight is 257 g/mol. The van der Waals surface area contributed by atoms with E-state index < -0.39 is 0 Å². The summed E-state index contributed by atoms with van der Waals surface area (Å²) in [6.07, 6.45) is 2.02. The first-order valence-electron chi connectivity index (χ1n) is 5.72. The molecular weight excluding hydrogens is 242 g/mol. The Hall–Kier alpha value is -1.74. The number of carbonyl (C=O) groups excluding carboxylic acids is 1. The van der Waals surface area contributed by atoms with Crippen LogP contribution < -0.4 is 5.32 Å². The maximum atomic E-state index is 12.1. The van der Waals surface area contributed by atoms with Crippen LogP contribution in [0.25, 0.3) is 0 Å². The number of hydrogen-bond acceptors (Lipinski definition) is 2. The van der Waals surface area contributed by atoms with Crippen LogP contribution in [0.4, 0.5) is 5.69 Å². The average Bonchev–Trinajstić information content (AvgIpc) is 2.39. The monoisotopic (exact) mass is 257 g/mol. The Balaban J connectivity index is 2.19. The van der Waals surface area contributed by atoms with Crippen molar-refractivity contribution in [1.29, 1.82) is 0 Å². The molecule has 0 heterocycles. The van der Waals surface area contributed by atoms with Crippen molar-refractivity contribution >= 4 is 23.4 Å². The Morgan fingerprint density at radius 1 is 1.11 bits per heavy atom. The third kappa shape index (κ3) is 2.93. The van der Waals surface area contributed by atoms with E-state index in [1.54, 1.807) is 11.8 Å². The van der Waals surface area contributed by atoms with E-state index in [-0.39, 0.29) is 5.91 Å². The smallest absolute Gasteiger partial charge is 0.255 e. The number of carbonyl (C=O) groups is 1. The molecule has 0 saturated carbocycles. The first-order chi connectivity index (χ1) is 8.70. The number of anilines is 1. The molecule has 2 aromatic carbocycles. The van der Waals surface area contributed by atoms with Gasteiger partial charge in [-0.3, -0.25) is 4.79 Å². The second-order valence-corrected chi connectivity index (χ2v) is 4.88. The second kappa shape index (κ2) is 5.74. The normalized spacial score (nSPS) is 10.1. The lowest BCUT2D eigenvalue weighted by atomic mass is 10.1. The van der Waals surface area contributed by atoms with Gasteiger partial charge in [0.25, 0.3) is 5.91 Å². The number of rotatable bonds is 3. The lowest BCUT2D eigenvalue weighted by Crippen LogP contribution is -2.13. The predicted octanol–water partition coefficient (Wildman–Crippen LogP) is 3.97. The van der Waals surface area contributed by atoms with Crippen LogP contribution in [0.2, 0.25) is 0 Å². The Morgan fingerprint density at radius 3 is 2.61 bits per heavy atom. The van der Waals surface area contributed by atoms with E-state index in [9.17, 15) is 4.79 Å². The van der Waals surface area contributed by atoms with Crippen molar-refractivity contribution in [3.63, 3.8) is 0 Å². The zero-order chi connectivity index (χ0) is 13.0. The van der Waals surface area contributed by atoms with Crippen molar-refractivity contribution in [2.45, 2.75) is 11.8 Å². The number of nitrogens with one attached hydrogen (secondary N) is 1. The largest absolute Gasteiger partial charge is 0.322 e. The molecule has 0 fully saturated rings. The zero-order valence-corrected chi connectivity index (χ0v) is 11.3. The molecule has 0 aliphatic carbocycles. The predicted molar refractivity (Wildman–Crippen MR) is 77.4 cm³/mol. The molecule has 92 valence electrons. The van der Waals surface area contributed by atoms with Crippen LogP contribution in [0.3, 0.4) is 0 Å². The molecule has 2 aromatic rings. The minimum Gasteiger partial charge on any atom is -0.322 e. The summed E-state index contributed by atoms with van der Waals surface area (Å²) in [5, 5.41) is 2.92. The number of aryl methyl sites for hydroxylation is 1. The second-order valence-electron chi connectivity index (χ2n) is 4.00. The fourth-order valence-electron chi connectivity index (χ4n) is 1.73. The third-order valence-corrected chi connectivity index (χ3v) is 3.44. The lowest BCUT2D eigenvalue weighted by molar-refractivity contribution is 0.102. The molecule has 18 heavy (non-hydrogen) atoms. The summed E-state index contributed by atoms with van der Waals surface area (Å²) in [7, 11) is 0. The number of thioether (sulfide) groups is 1. The van der Waals surface area contributed by atoms with Crippen molar-refractivity contribution in [3.05, 3.63) is 59.7 Å². The van der Waals surface area contributed by atoms with Gasteiger partial charge in [-0.25, -0.2) is 0 Å². The molecule has 0 aliphatic heterocycles. The van der Waals surface area contributed by atoms with Gasteiger partial charge in [-0.15, -0.1) is 11.8 Å². The number of hydrogen-bond donors (Lipinski definition) is 1. The molecule has 0 aliphatic rings. The van der Waals surface area contributed by atoms with E-state index in [0.717, 1.165) is 16.1 Å². The molecular formula is C15H15NOS. The highest BCUT2D eigenvalue weighted by Crippen LogP contribution is 2.19. The molecule has 1 N–H and O–H groups in total. The van der Waals surface area contributed by atoms with Gasteiger partial charge in [-0.2, -0.15) is 0 Å². The van der Waals surface area contributed by atoms with Crippen LogP contribution in [-0.2, 0) is 0 Å². The molecule has 0 spiro atoms. The van der Waals surface area contributed by atoms with Crippen LogP contribution in [0.5, 0.6) is 0 Å². The van der Waals surface area contributed by atoms with Gasteiger partial charge in [0.1, 0.15) is 0 Å². The van der Waals surface area contributed by atoms with Crippen LogP contribution >= 0.6 is 11.8 Å². The van der Waals surface area contributed by atoms with Crippen molar-refractivity contribution in [1.82, 2.24) is 0 Å². The lowest BCUT2D eigenvalue weighted by Gasteiger charge is -2.08. The van der Waals surface area contributed by atoms with Gasteiger partial charge in [0.15, 0.2) is 0 Å². The topological polar surface area (TPSA) is 29.1 Å². The molecule has 0 saturated heterocycles. The summed E-state index contributed by atoms with van der Waals surface area (Å²) in [6, 6.07) is 15.4. The maximum Gasteiger partial charge on any atom is 0.255 e. The third-order valence-electron chi connectivity index (χ3n) is 2.72. The Morgan fingerprint density at radius 2 is 1.89 bits per heavy atom. The van der Waals surface area contributed by atoms with Gasteiger partial charge in [-0.1, -0.05) is 24.3 Å². The van der Waals surface area contributed by atoms with Gasteiger partial charge in [-0.05, 0) is 43.0 Å². The summed E-state index contributed by atoms with van der Waals surface area (Å²) in [6.45, 7) is 1.94. The van der Waals surface area contributed by atoms with Crippen molar-refractivity contribution in [2.75, 3.05) is 11.6 Å². The van der Waals surface area contributed by atoms with E-state index >= 15 is 0 Å². The molecule has 0 radical (unpaired) electrons. The first-order valence-corrected chi connectivity index (χ1v) is 6.94. The van der Waals surface area contributed by atoms with Gasteiger partial charge < -0.3 is 5.32 Å². The summed E-state index contributed by atoms with van der Waals surface area (Å²) >= 11 is 1.66. The molecule has 2 nitrogen and oxygen atoms in total. The van der Waals surface area contributed by atoms with E-state index in [0.29, 0.717) is 5.56 Å². The summed E-state index contributed by atoms with van der Waals surface area (Å²) in [5.41, 5.74) is 2.53. The summed E-state index contributed by atoms with van der Waals surface area (Å²) in [5.74, 6) is -0.0636. The molecule has 0 bridgehead atoms. The minimum atomic E-state index is -0.0636. The Kier molecular flexibility index (Phi) is 4.05. The van der Waals surface area contributed by atoms with E-state index in [2.05, 4.69) is 5.32 Å². The van der Waals surface area contributed by atoms with Gasteiger partial charge >= 0.3 is 0 Å². The van der Waals surface area contributed by atoms with E-state index in [1.165, 1.54) is 0 Å². The van der Waals surface area contributed by atoms with E-state index in [4.69, 9.17) is 0 Å². The summed E-state index contributed by atoms with van der Waals surface area (Å²) < 4.78 is 0. The number of amides is 1. The van der Waals surface area contributed by atoms with Crippen molar-refractivity contribution < 1.29 is 4.79 Å². The van der Waals surface area contributed by atoms with E-state index in [1.807, 2.05) is 61.7 Å². The fourth-order valence-corrected chi connectivity index (χ4v) is 2.19. The van der Waals surface area contributed by atoms with Crippen LogP contribution in [0.1, 0.15) is 15.9 Å². The molecule has 0 aromatic heterocycles. The van der Waals surface area contributed by atoms with Crippen molar-refractivity contribution in [3.8, 4) is 0 Å². The van der Waals surface area contributed by atoms with Gasteiger partial charge in [0, 0.05) is 16.1 Å². The molecule has 1 amide bonds. The van der Waals surface area contributed by atoms with Crippen LogP contribution in [0, 0.1) is 6.92 Å². The Labute approximate surface area is 111 Å². The molecule has 2 rings (SSSR count). The standard InChI is InChI=1S/C15H15NOS/c1-11-6-3-4-9-14(11)15(17)16-12-7-5-8-13(10-12)18-2/h3-10H,1-2H3,(H,16,17). The Bertz CT molecular complexity index is 566. The highest BCUT2D eigenvalue weighted by Gasteiger charge is 2.08. The first kappa shape index (κ1) is 12.7. The maximum absolute atomic E-state index is 12.1. The zero-order valence-electron chi connectivity index (χ0n) is 10.4. The molecule has 3 heteroatoms. The highest BCUT2D eigenvalue weighted by atomic mass is 32.2. The van der Waals surface area contributed by atoms with Gasteiger partial charge in [0.2, 0.25) is 0 Å². The molecule has 0 atom stereocenters. The fraction of sp³-hybridized carbons (Fsp3) is 0.133. The molecule has 0 unspecified atom stereocenters. The van der Waals surface area contributed by atoms with Gasteiger partial charge in [0.05, 0.1) is 0 Å². The van der Waals surface area contributed by atoms with Crippen molar-refractivity contribution in [2.24, 2.45) is 0 Å². The SMILES string of the molecule is CSc1cccc(NC(=O)c2ccccc2C)c1. The van der Waals surface area contributed by atoms with Crippen LogP contribution in [-0.4, -0.2) is 12.2 Å². The highest BCUT2D eigenvalue weighted by molar-refractivity contribution is 7.98.